The zero-order valence-electron chi connectivity index (χ0n) is 9.84. The van der Waals surface area contributed by atoms with Crippen LogP contribution in [0.5, 0.6) is 0 Å². The third-order valence-corrected chi connectivity index (χ3v) is 2.04. The molecule has 0 amide bonds. The van der Waals surface area contributed by atoms with Crippen LogP contribution in [0.3, 0.4) is 0 Å². The van der Waals surface area contributed by atoms with Crippen molar-refractivity contribution >= 4 is 0 Å². The fourth-order valence-electron chi connectivity index (χ4n) is 1.39. The number of aromatic nitrogens is 1. The number of alkyl halides is 3. The lowest BCUT2D eigenvalue weighted by atomic mass is 10.3. The minimum Gasteiger partial charge on any atom is -0.360 e. The van der Waals surface area contributed by atoms with E-state index in [9.17, 15) is 13.2 Å². The van der Waals surface area contributed by atoms with E-state index in [0.717, 1.165) is 11.4 Å². The van der Waals surface area contributed by atoms with Crippen LogP contribution < -0.4 is 5.32 Å². The summed E-state index contributed by atoms with van der Waals surface area (Å²) in [6, 6.07) is 1.66. The highest BCUT2D eigenvalue weighted by Gasteiger charge is 2.29. The average Bonchev–Trinajstić information content (AvgIpc) is 2.59. The summed E-state index contributed by atoms with van der Waals surface area (Å²) >= 11 is 0. The molecule has 17 heavy (non-hydrogen) atoms. The van der Waals surface area contributed by atoms with Crippen molar-refractivity contribution in [2.75, 3.05) is 20.1 Å². The van der Waals surface area contributed by atoms with E-state index in [0.29, 0.717) is 18.0 Å². The number of hydrogen-bond acceptors (Lipinski definition) is 4. The quantitative estimate of drug-likeness (QED) is 0.836. The second kappa shape index (κ2) is 6.02. The summed E-state index contributed by atoms with van der Waals surface area (Å²) < 4.78 is 41.2. The Morgan fingerprint density at radius 1 is 1.47 bits per heavy atom. The van der Waals surface area contributed by atoms with E-state index in [1.165, 1.54) is 7.05 Å². The van der Waals surface area contributed by atoms with E-state index in [-0.39, 0.29) is 6.54 Å². The van der Waals surface area contributed by atoms with Crippen molar-refractivity contribution in [3.05, 3.63) is 17.5 Å². The highest BCUT2D eigenvalue weighted by atomic mass is 19.4. The van der Waals surface area contributed by atoms with Gasteiger partial charge in [-0.2, -0.15) is 13.2 Å². The van der Waals surface area contributed by atoms with Crippen molar-refractivity contribution < 1.29 is 17.7 Å². The molecule has 7 heteroatoms. The first-order valence-corrected chi connectivity index (χ1v) is 5.31. The van der Waals surface area contributed by atoms with Crippen LogP contribution in [0.15, 0.2) is 10.6 Å². The van der Waals surface area contributed by atoms with Gasteiger partial charge in [-0.1, -0.05) is 12.1 Å². The highest BCUT2D eigenvalue weighted by molar-refractivity contribution is 5.04. The van der Waals surface area contributed by atoms with E-state index < -0.39 is 12.7 Å². The Kier molecular flexibility index (Phi) is 4.95. The summed E-state index contributed by atoms with van der Waals surface area (Å²) in [5.74, 6) is 0.435. The lowest BCUT2D eigenvalue weighted by Gasteiger charge is -2.16. The topological polar surface area (TPSA) is 41.3 Å². The molecule has 0 atom stereocenters. The maximum Gasteiger partial charge on any atom is 0.401 e. The first-order chi connectivity index (χ1) is 7.90. The molecule has 0 aliphatic heterocycles. The van der Waals surface area contributed by atoms with Gasteiger partial charge in [0.15, 0.2) is 5.76 Å². The number of rotatable bonds is 6. The summed E-state index contributed by atoms with van der Waals surface area (Å²) in [5.41, 5.74) is 0.697. The van der Waals surface area contributed by atoms with Crippen LogP contribution in [-0.4, -0.2) is 36.4 Å². The van der Waals surface area contributed by atoms with Gasteiger partial charge in [0.25, 0.3) is 0 Å². The molecule has 0 radical (unpaired) electrons. The third-order valence-electron chi connectivity index (χ3n) is 2.04. The molecular formula is C10H16F3N3O. The van der Waals surface area contributed by atoms with Gasteiger partial charge in [-0.15, -0.1) is 0 Å². The van der Waals surface area contributed by atoms with Crippen LogP contribution >= 0.6 is 0 Å². The zero-order valence-corrected chi connectivity index (χ0v) is 9.84. The average molecular weight is 251 g/mol. The summed E-state index contributed by atoms with van der Waals surface area (Å²) in [4.78, 5) is 1.14. The molecule has 0 aromatic carbocycles. The minimum atomic E-state index is -4.19. The van der Waals surface area contributed by atoms with E-state index >= 15 is 0 Å². The first-order valence-electron chi connectivity index (χ1n) is 5.31. The molecule has 0 saturated heterocycles. The summed E-state index contributed by atoms with van der Waals surface area (Å²) in [5, 5.41) is 6.81. The Morgan fingerprint density at radius 3 is 2.76 bits per heavy atom. The third kappa shape index (κ3) is 5.69. The second-order valence-electron chi connectivity index (χ2n) is 3.85. The van der Waals surface area contributed by atoms with Crippen LogP contribution in [0, 0.1) is 0 Å². The lowest BCUT2D eigenvalue weighted by Crippen LogP contribution is -2.30. The maximum absolute atomic E-state index is 12.1. The largest absolute Gasteiger partial charge is 0.401 e. The fourth-order valence-corrected chi connectivity index (χ4v) is 1.39. The van der Waals surface area contributed by atoms with Crippen molar-refractivity contribution in [2.45, 2.75) is 26.2 Å². The molecule has 1 aromatic heterocycles. The van der Waals surface area contributed by atoms with Gasteiger partial charge in [0.05, 0.1) is 18.8 Å². The molecule has 0 aliphatic carbocycles. The Morgan fingerprint density at radius 2 is 2.18 bits per heavy atom. The summed E-state index contributed by atoms with van der Waals surface area (Å²) in [7, 11) is 1.39. The maximum atomic E-state index is 12.1. The Hall–Kier alpha value is -1.08. The molecular weight excluding hydrogens is 235 g/mol. The van der Waals surface area contributed by atoms with Crippen molar-refractivity contribution in [1.82, 2.24) is 15.4 Å². The molecule has 0 unspecified atom stereocenters. The van der Waals surface area contributed by atoms with Crippen molar-refractivity contribution in [3.8, 4) is 0 Å². The van der Waals surface area contributed by atoms with Gasteiger partial charge >= 0.3 is 6.18 Å². The van der Waals surface area contributed by atoms with E-state index in [4.69, 9.17) is 4.52 Å². The van der Waals surface area contributed by atoms with Crippen LogP contribution in [0.2, 0.25) is 0 Å². The molecule has 1 N–H and O–H groups in total. The molecule has 0 fully saturated rings. The highest BCUT2D eigenvalue weighted by Crippen LogP contribution is 2.17. The molecule has 1 rings (SSSR count). The van der Waals surface area contributed by atoms with Crippen molar-refractivity contribution in [2.24, 2.45) is 0 Å². The lowest BCUT2D eigenvalue weighted by molar-refractivity contribution is -0.144. The normalized spacial score (nSPS) is 12.4. The van der Waals surface area contributed by atoms with Crippen molar-refractivity contribution in [3.63, 3.8) is 0 Å². The van der Waals surface area contributed by atoms with Gasteiger partial charge in [-0.3, -0.25) is 4.90 Å². The zero-order chi connectivity index (χ0) is 12.9. The fraction of sp³-hybridized carbons (Fsp3) is 0.700. The van der Waals surface area contributed by atoms with Crippen LogP contribution in [0.4, 0.5) is 13.2 Å². The van der Waals surface area contributed by atoms with Gasteiger partial charge in [0.2, 0.25) is 0 Å². The Balaban J connectivity index is 2.43. The number of nitrogens with zero attached hydrogens (tertiary/aromatic N) is 2. The molecule has 0 spiro atoms. The number of hydrogen-bond donors (Lipinski definition) is 1. The Bertz CT molecular complexity index is 338. The van der Waals surface area contributed by atoms with Crippen LogP contribution in [0.25, 0.3) is 0 Å². The molecule has 0 bridgehead atoms. The van der Waals surface area contributed by atoms with Gasteiger partial charge in [-0.05, 0) is 13.6 Å². The van der Waals surface area contributed by atoms with Crippen molar-refractivity contribution in [1.29, 1.82) is 0 Å². The van der Waals surface area contributed by atoms with E-state index in [1.807, 2.05) is 6.92 Å². The minimum absolute atomic E-state index is 0.0959. The van der Waals surface area contributed by atoms with Gasteiger partial charge in [0.1, 0.15) is 0 Å². The first kappa shape index (κ1) is 14.0. The molecule has 0 aliphatic rings. The predicted molar refractivity (Wildman–Crippen MR) is 56.3 cm³/mol. The molecule has 1 aromatic rings. The Labute approximate surface area is 97.8 Å². The second-order valence-corrected chi connectivity index (χ2v) is 3.85. The summed E-state index contributed by atoms with van der Waals surface area (Å²) in [6.07, 6.45) is -4.19. The monoisotopic (exact) mass is 251 g/mol. The van der Waals surface area contributed by atoms with Gasteiger partial charge in [0, 0.05) is 12.6 Å². The molecule has 98 valence electrons. The van der Waals surface area contributed by atoms with Crippen LogP contribution in [0.1, 0.15) is 18.4 Å². The van der Waals surface area contributed by atoms with Gasteiger partial charge in [-0.25, -0.2) is 0 Å². The summed E-state index contributed by atoms with van der Waals surface area (Å²) in [6.45, 7) is 2.45. The van der Waals surface area contributed by atoms with E-state index in [2.05, 4.69) is 10.5 Å². The SMILES string of the molecule is CCNCc1cc(CN(C)CC(F)(F)F)on1. The number of halogens is 3. The molecule has 0 saturated carbocycles. The standard InChI is InChI=1S/C10H16F3N3O/c1-3-14-5-8-4-9(17-15-8)6-16(2)7-10(11,12)13/h4,14H,3,5-7H2,1-2H3. The predicted octanol–water partition coefficient (Wildman–Crippen LogP) is 1.78. The van der Waals surface area contributed by atoms with Gasteiger partial charge < -0.3 is 9.84 Å². The smallest absolute Gasteiger partial charge is 0.360 e. The molecule has 4 nitrogen and oxygen atoms in total. The van der Waals surface area contributed by atoms with Crippen LogP contribution in [-0.2, 0) is 13.1 Å². The number of nitrogens with one attached hydrogen (secondary N) is 1. The van der Waals surface area contributed by atoms with E-state index in [1.54, 1.807) is 6.07 Å². The molecule has 1 heterocycles.